The maximum absolute atomic E-state index is 10.8. The lowest BCUT2D eigenvalue weighted by Crippen LogP contribution is -2.64. The normalized spacial score (nSPS) is 39.2. The van der Waals surface area contributed by atoms with Crippen LogP contribution < -0.4 is 21.3 Å². The third kappa shape index (κ3) is 12.2. The highest BCUT2D eigenvalue weighted by Crippen LogP contribution is 2.62. The third-order valence-corrected chi connectivity index (χ3v) is 26.1. The first-order chi connectivity index (χ1) is 42.0. The molecule has 1 aliphatic heterocycles. The summed E-state index contributed by atoms with van der Waals surface area (Å²) in [5, 5.41) is 34.7. The van der Waals surface area contributed by atoms with E-state index in [9.17, 15) is 5.11 Å². The van der Waals surface area contributed by atoms with Gasteiger partial charge in [-0.05, 0) is 255 Å². The molecule has 0 amide bonds. The highest BCUT2D eigenvalue weighted by molar-refractivity contribution is 7.16. The standard InChI is InChI=1S/C20H25N3O.C18H22ClNS.C18H23N3.C17H26N2O2/c1-19-8-14-7-15(9-19)11-20(10-14,13-19)21-12-17-22-18(24-23-17)16-5-3-2-4-6-16;19-17-6-15-4-14(5-16(15)21-17)10-20-18-7-11-1-12(8-18)3-13(2-11)9-18;1-2-16-17(19-3-1)7-15(21-16)11-20-18-8-12-4-13(9-18)6-14(5-12)10-18;1-11(2)15-4-14(19-21-15)9-18-16-5-12-3-13(6-16)8-17(20,7-12)10-16/h2-6,14-15,21H,7-13H2,1H3;4,6,11-13,20H,1-3,5,7-10H2;1-3,12-14,20H,4-11H2;4,11-13,18,20H,3,5-10H2,1-2H3. The summed E-state index contributed by atoms with van der Waals surface area (Å²) in [6.07, 6.45) is 39.0. The van der Waals surface area contributed by atoms with Crippen molar-refractivity contribution in [3.8, 4) is 11.5 Å². The van der Waals surface area contributed by atoms with Gasteiger partial charge in [-0.2, -0.15) is 4.98 Å². The van der Waals surface area contributed by atoms with Crippen molar-refractivity contribution >= 4 is 40.4 Å². The summed E-state index contributed by atoms with van der Waals surface area (Å²) < 4.78 is 11.8. The van der Waals surface area contributed by atoms with Crippen LogP contribution in [0.25, 0.3) is 17.5 Å². The Kier molecular flexibility index (Phi) is 15.1. The summed E-state index contributed by atoms with van der Waals surface area (Å²) >= 11 is 7.84. The number of aromatic nitrogens is 4. The van der Waals surface area contributed by atoms with Crippen LogP contribution >= 0.6 is 22.9 Å². The second-order valence-electron chi connectivity index (χ2n) is 32.8. The molecule has 5 aromatic rings. The first-order valence-corrected chi connectivity index (χ1v) is 35.8. The monoisotopic (exact) mass is 1210 g/mol. The summed E-state index contributed by atoms with van der Waals surface area (Å²) in [4.78, 5) is 15.2. The number of hydrogen-bond donors (Lipinski definition) is 5. The van der Waals surface area contributed by atoms with Crippen LogP contribution in [-0.2, 0) is 25.9 Å². The van der Waals surface area contributed by atoms with Gasteiger partial charge in [-0.25, -0.2) is 0 Å². The Bertz CT molecular complexity index is 3280. The maximum atomic E-state index is 10.8. The molecule has 12 nitrogen and oxygen atoms in total. The van der Waals surface area contributed by atoms with Gasteiger partial charge in [0.25, 0.3) is 5.89 Å². The number of pyridine rings is 1. The number of thiophene rings is 1. The van der Waals surface area contributed by atoms with Crippen LogP contribution in [0.5, 0.6) is 0 Å². The number of nitrogens with zero attached hydrogens (tertiary/aromatic N) is 5. The largest absolute Gasteiger partial charge is 0.390 e. The molecular weight excluding hydrogens is 1120 g/mol. The van der Waals surface area contributed by atoms with Crippen molar-refractivity contribution < 1.29 is 14.2 Å². The Morgan fingerprint density at radius 2 is 1.16 bits per heavy atom. The van der Waals surface area contributed by atoms with E-state index in [-0.39, 0.29) is 5.54 Å². The Hall–Kier alpha value is -4.08. The van der Waals surface area contributed by atoms with E-state index in [0.29, 0.717) is 52.2 Å². The van der Waals surface area contributed by atoms with Gasteiger partial charge in [0.15, 0.2) is 5.82 Å². The van der Waals surface area contributed by atoms with Crippen molar-refractivity contribution in [1.29, 1.82) is 0 Å². The Morgan fingerprint density at radius 1 is 0.598 bits per heavy atom. The van der Waals surface area contributed by atoms with E-state index in [2.05, 4.69) is 86.6 Å². The fraction of sp³-hybridized carbons (Fsp3) is 0.685. The zero-order valence-corrected chi connectivity index (χ0v) is 53.8. The molecule has 23 rings (SSSR count). The Balaban J connectivity index is 0.0000000939. The number of fused-ring (bicyclic) bond motifs is 2. The van der Waals surface area contributed by atoms with Crippen LogP contribution in [0.15, 0.2) is 80.4 Å². The van der Waals surface area contributed by atoms with Gasteiger partial charge in [0.1, 0.15) is 5.76 Å². The average Bonchev–Trinajstić information content (AvgIpc) is 1.58. The van der Waals surface area contributed by atoms with Gasteiger partial charge >= 0.3 is 0 Å². The van der Waals surface area contributed by atoms with Crippen LogP contribution in [0.3, 0.4) is 0 Å². The summed E-state index contributed by atoms with van der Waals surface area (Å²) in [6, 6.07) is 18.2. The average molecular weight is 1220 g/mol. The minimum atomic E-state index is -0.399. The van der Waals surface area contributed by atoms with E-state index in [1.807, 2.05) is 42.6 Å². The van der Waals surface area contributed by atoms with Crippen molar-refractivity contribution in [2.24, 2.45) is 69.6 Å². The van der Waals surface area contributed by atoms with Gasteiger partial charge in [-0.15, -0.1) is 11.3 Å². The zero-order valence-electron chi connectivity index (χ0n) is 52.2. The van der Waals surface area contributed by atoms with E-state index in [4.69, 9.17) is 25.6 Å². The molecule has 16 saturated carbocycles. The molecule has 464 valence electrons. The van der Waals surface area contributed by atoms with Crippen molar-refractivity contribution in [2.75, 3.05) is 13.1 Å². The van der Waals surface area contributed by atoms with Crippen molar-refractivity contribution in [3.05, 3.63) is 104 Å². The van der Waals surface area contributed by atoms with Crippen LogP contribution in [-0.4, -0.2) is 71.9 Å². The van der Waals surface area contributed by atoms with Crippen molar-refractivity contribution in [3.63, 3.8) is 0 Å². The minimum absolute atomic E-state index is 0.135. The number of rotatable bonds is 14. The molecule has 4 aromatic heterocycles. The first-order valence-electron chi connectivity index (χ1n) is 34.6. The molecular formula is C73H96ClN9O3S. The molecule has 16 bridgehead atoms. The number of hydrogen-bond acceptors (Lipinski definition) is 13. The lowest BCUT2D eigenvalue weighted by atomic mass is 9.47. The van der Waals surface area contributed by atoms with Crippen LogP contribution in [0, 0.1) is 64.6 Å². The van der Waals surface area contributed by atoms with E-state index in [1.165, 1.54) is 151 Å². The molecule has 0 radical (unpaired) electrons. The van der Waals surface area contributed by atoms with E-state index < -0.39 is 5.60 Å². The first kappa shape index (κ1) is 58.0. The summed E-state index contributed by atoms with van der Waals surface area (Å²) in [7, 11) is 0. The summed E-state index contributed by atoms with van der Waals surface area (Å²) in [5.74, 6) is 12.1. The van der Waals surface area contributed by atoms with Gasteiger partial charge in [0.2, 0.25) is 0 Å². The number of halogens is 1. The molecule has 16 fully saturated rings. The molecule has 0 spiro atoms. The second-order valence-corrected chi connectivity index (χ2v) is 34.6. The topological polar surface area (TPSA) is 159 Å². The fourth-order valence-corrected chi connectivity index (χ4v) is 24.6. The molecule has 4 unspecified atom stereocenters. The van der Waals surface area contributed by atoms with Gasteiger partial charge < -0.3 is 35.4 Å². The molecule has 0 saturated heterocycles. The van der Waals surface area contributed by atoms with Crippen LogP contribution in [0.1, 0.15) is 214 Å². The number of nitrogens with one attached hydrogen (secondary N) is 4. The van der Waals surface area contributed by atoms with E-state index in [1.54, 1.807) is 16.9 Å². The van der Waals surface area contributed by atoms with Gasteiger partial charge in [0, 0.05) is 89.0 Å². The smallest absolute Gasteiger partial charge is 0.257 e. The van der Waals surface area contributed by atoms with Crippen LogP contribution in [0.4, 0.5) is 5.69 Å². The van der Waals surface area contributed by atoms with E-state index in [0.717, 1.165) is 138 Å². The van der Waals surface area contributed by atoms with Crippen molar-refractivity contribution in [1.82, 2.24) is 41.5 Å². The van der Waals surface area contributed by atoms with Crippen LogP contribution in [0.2, 0.25) is 4.34 Å². The molecule has 14 heteroatoms. The maximum Gasteiger partial charge on any atom is 0.257 e. The predicted octanol–water partition coefficient (Wildman–Crippen LogP) is 15.3. The molecule has 4 atom stereocenters. The number of aliphatic hydroxyl groups is 1. The van der Waals surface area contributed by atoms with E-state index >= 15 is 0 Å². The lowest BCUT2D eigenvalue weighted by molar-refractivity contribution is -0.142. The molecule has 5 N–H and O–H groups in total. The quantitative estimate of drug-likeness (QED) is 0.0721. The Labute approximate surface area is 525 Å². The zero-order chi connectivity index (χ0) is 58.8. The summed E-state index contributed by atoms with van der Waals surface area (Å²) in [5.41, 5.74) is 9.95. The van der Waals surface area contributed by atoms with Gasteiger partial charge in [-0.1, -0.05) is 72.5 Å². The molecule has 87 heavy (non-hydrogen) atoms. The highest BCUT2D eigenvalue weighted by atomic mass is 35.5. The Morgan fingerprint density at radius 3 is 1.74 bits per heavy atom. The van der Waals surface area contributed by atoms with Gasteiger partial charge in [0.05, 0.1) is 33.6 Å². The molecule has 18 aliphatic rings. The fourth-order valence-electron chi connectivity index (χ4n) is 23.3. The highest BCUT2D eigenvalue weighted by Gasteiger charge is 2.58. The van der Waals surface area contributed by atoms with Crippen molar-refractivity contribution in [2.45, 2.75) is 234 Å². The molecule has 5 heterocycles. The molecule has 17 aliphatic carbocycles. The third-order valence-electron chi connectivity index (χ3n) is 24.8. The SMILES string of the molecule is CC(C)c1cc(CNC23CC4CC(CC(O)(C4)C2)C3)no1.CC12CC3CC(C1)CC(NCc1noc(-c4ccccc4)n1)(C3)C2.Clc1cc2c(s1)CC(CNC13CC4CC(CC(C4)C1)C3)=C2.c1cnc2c(c1)N=C(CNC13CC4CC(CC(C4)C1)C3)C2. The van der Waals surface area contributed by atoms with Gasteiger partial charge in [-0.3, -0.25) is 9.98 Å². The lowest BCUT2D eigenvalue weighted by Gasteiger charge is -2.61. The number of aliphatic imine (C=N–C) groups is 1. The minimum Gasteiger partial charge on any atom is -0.390 e. The molecule has 1 aromatic carbocycles. The predicted molar refractivity (Wildman–Crippen MR) is 346 cm³/mol. The number of benzene rings is 1. The summed E-state index contributed by atoms with van der Waals surface area (Å²) in [6.45, 7) is 10.3. The second kappa shape index (κ2) is 22.6.